The molecule has 2 aromatic carbocycles. The smallest absolute Gasteiger partial charge is 0.253 e. The van der Waals surface area contributed by atoms with Crippen molar-refractivity contribution in [3.8, 4) is 22.3 Å². The summed E-state index contributed by atoms with van der Waals surface area (Å²) in [7, 11) is 5.71. The summed E-state index contributed by atoms with van der Waals surface area (Å²) >= 11 is 0. The Morgan fingerprint density at radius 1 is 1.00 bits per heavy atom. The Kier molecular flexibility index (Phi) is 6.03. The third-order valence-corrected chi connectivity index (χ3v) is 6.98. The molecular formula is C30H32N4O. The van der Waals surface area contributed by atoms with Gasteiger partial charge in [0, 0.05) is 61.7 Å². The number of fused-ring (bicyclic) bond motifs is 1. The maximum Gasteiger partial charge on any atom is 0.253 e. The Bertz CT molecular complexity index is 1420. The fourth-order valence-corrected chi connectivity index (χ4v) is 5.09. The van der Waals surface area contributed by atoms with Crippen LogP contribution in [0.15, 0.2) is 60.9 Å². The molecule has 0 aliphatic carbocycles. The number of benzene rings is 2. The highest BCUT2D eigenvalue weighted by molar-refractivity contribution is 5.98. The van der Waals surface area contributed by atoms with Crippen LogP contribution in [0.4, 0.5) is 0 Å². The van der Waals surface area contributed by atoms with E-state index < -0.39 is 0 Å². The molecule has 1 aliphatic heterocycles. The Hall–Kier alpha value is -3.70. The van der Waals surface area contributed by atoms with E-state index in [4.69, 9.17) is 4.98 Å². The number of amides is 1. The van der Waals surface area contributed by atoms with E-state index in [1.165, 1.54) is 27.8 Å². The molecule has 5 heteroatoms. The molecule has 1 amide bonds. The first-order valence-corrected chi connectivity index (χ1v) is 12.1. The van der Waals surface area contributed by atoms with E-state index in [-0.39, 0.29) is 5.91 Å². The highest BCUT2D eigenvalue weighted by atomic mass is 16.2. The lowest BCUT2D eigenvalue weighted by atomic mass is 9.89. The van der Waals surface area contributed by atoms with Crippen LogP contribution >= 0.6 is 0 Å². The van der Waals surface area contributed by atoms with Crippen molar-refractivity contribution >= 4 is 22.5 Å². The van der Waals surface area contributed by atoms with E-state index in [1.54, 1.807) is 19.0 Å². The predicted molar refractivity (Wildman–Crippen MR) is 145 cm³/mol. The molecule has 1 aliphatic rings. The van der Waals surface area contributed by atoms with Crippen molar-refractivity contribution in [2.24, 2.45) is 0 Å². The minimum atomic E-state index is 0.00428. The van der Waals surface area contributed by atoms with Crippen molar-refractivity contribution < 1.29 is 4.79 Å². The van der Waals surface area contributed by atoms with E-state index in [0.717, 1.165) is 47.2 Å². The second-order valence-electron chi connectivity index (χ2n) is 9.83. The monoisotopic (exact) mass is 464 g/mol. The molecule has 5 nitrogen and oxygen atoms in total. The number of aromatic amines is 1. The fraction of sp³-hybridized carbons (Fsp3) is 0.267. The molecule has 0 saturated heterocycles. The fourth-order valence-electron chi connectivity index (χ4n) is 5.09. The van der Waals surface area contributed by atoms with Gasteiger partial charge in [0.1, 0.15) is 5.65 Å². The van der Waals surface area contributed by atoms with Crippen molar-refractivity contribution in [1.29, 1.82) is 0 Å². The van der Waals surface area contributed by atoms with Crippen LogP contribution in [-0.2, 0) is 0 Å². The zero-order chi connectivity index (χ0) is 24.7. The minimum Gasteiger partial charge on any atom is -0.346 e. The number of rotatable bonds is 4. The Morgan fingerprint density at radius 3 is 2.34 bits per heavy atom. The Morgan fingerprint density at radius 2 is 1.71 bits per heavy atom. The lowest BCUT2D eigenvalue weighted by Gasteiger charge is -2.24. The number of aryl methyl sites for hydroxylation is 2. The van der Waals surface area contributed by atoms with Crippen LogP contribution in [0.3, 0.4) is 0 Å². The molecule has 4 aromatic rings. The highest BCUT2D eigenvalue weighted by Crippen LogP contribution is 2.35. The molecule has 0 unspecified atom stereocenters. The van der Waals surface area contributed by atoms with Crippen LogP contribution < -0.4 is 0 Å². The van der Waals surface area contributed by atoms with E-state index in [1.807, 2.05) is 36.7 Å². The second kappa shape index (κ2) is 9.16. The van der Waals surface area contributed by atoms with Gasteiger partial charge < -0.3 is 14.8 Å². The van der Waals surface area contributed by atoms with Gasteiger partial charge in [-0.25, -0.2) is 4.98 Å². The van der Waals surface area contributed by atoms with Crippen molar-refractivity contribution in [1.82, 2.24) is 19.8 Å². The SMILES string of the molecule is Cc1cc(-c2cnc3[nH]cc(-c4ccc(C(=O)N(C)C)cc4)c3c2)cc(C)c1C1=CCN(C)CC1. The molecule has 2 aromatic heterocycles. The summed E-state index contributed by atoms with van der Waals surface area (Å²) in [6.07, 6.45) is 7.41. The topological polar surface area (TPSA) is 52.2 Å². The van der Waals surface area contributed by atoms with Gasteiger partial charge in [-0.3, -0.25) is 4.79 Å². The van der Waals surface area contributed by atoms with Crippen molar-refractivity contribution in [3.63, 3.8) is 0 Å². The van der Waals surface area contributed by atoms with Gasteiger partial charge in [-0.15, -0.1) is 0 Å². The summed E-state index contributed by atoms with van der Waals surface area (Å²) in [4.78, 5) is 24.2. The number of hydrogen-bond donors (Lipinski definition) is 1. The quantitative estimate of drug-likeness (QED) is 0.407. The van der Waals surface area contributed by atoms with Crippen LogP contribution in [-0.4, -0.2) is 59.9 Å². The average Bonchev–Trinajstić information content (AvgIpc) is 3.27. The number of likely N-dealkylation sites (N-methyl/N-ethyl adjacent to an activating group) is 1. The summed E-state index contributed by atoms with van der Waals surface area (Å²) in [5.41, 5.74) is 11.5. The zero-order valence-electron chi connectivity index (χ0n) is 21.1. The summed E-state index contributed by atoms with van der Waals surface area (Å²) in [6.45, 7) is 6.55. The number of nitrogens with zero attached hydrogens (tertiary/aromatic N) is 3. The minimum absolute atomic E-state index is 0.00428. The summed E-state index contributed by atoms with van der Waals surface area (Å²) in [5.74, 6) is 0.00428. The molecule has 0 radical (unpaired) electrons. The molecular weight excluding hydrogens is 432 g/mol. The highest BCUT2D eigenvalue weighted by Gasteiger charge is 2.16. The number of hydrogen-bond acceptors (Lipinski definition) is 3. The first kappa shape index (κ1) is 23.1. The normalized spacial score (nSPS) is 14.3. The van der Waals surface area contributed by atoms with Gasteiger partial charge in [0.05, 0.1) is 0 Å². The molecule has 3 heterocycles. The molecule has 0 spiro atoms. The van der Waals surface area contributed by atoms with Crippen molar-refractivity contribution in [2.45, 2.75) is 20.3 Å². The van der Waals surface area contributed by atoms with Crippen LogP contribution in [0.25, 0.3) is 38.9 Å². The standard InChI is InChI=1S/C30H32N4O/c1-19-14-24(15-20(2)28(19)22-10-12-34(5)13-11-22)25-16-26-27(18-32-29(26)31-17-25)21-6-8-23(9-7-21)30(35)33(3)4/h6-10,14-18H,11-13H2,1-5H3,(H,31,32). The Balaban J connectivity index is 1.51. The molecule has 5 rings (SSSR count). The van der Waals surface area contributed by atoms with Gasteiger partial charge in [0.2, 0.25) is 0 Å². The zero-order valence-corrected chi connectivity index (χ0v) is 21.1. The maximum atomic E-state index is 12.3. The van der Waals surface area contributed by atoms with E-state index in [2.05, 4.69) is 55.1 Å². The molecule has 0 fully saturated rings. The van der Waals surface area contributed by atoms with Gasteiger partial charge in [-0.2, -0.15) is 0 Å². The predicted octanol–water partition coefficient (Wildman–Crippen LogP) is 5.93. The number of aromatic nitrogens is 2. The van der Waals surface area contributed by atoms with Gasteiger partial charge in [-0.05, 0) is 78.9 Å². The Labute approximate surface area is 207 Å². The van der Waals surface area contributed by atoms with Gasteiger partial charge in [-0.1, -0.05) is 30.3 Å². The van der Waals surface area contributed by atoms with Crippen LogP contribution in [0.2, 0.25) is 0 Å². The van der Waals surface area contributed by atoms with E-state index in [9.17, 15) is 4.79 Å². The molecule has 0 atom stereocenters. The number of pyridine rings is 1. The summed E-state index contributed by atoms with van der Waals surface area (Å²) < 4.78 is 0. The largest absolute Gasteiger partial charge is 0.346 e. The molecule has 1 N–H and O–H groups in total. The van der Waals surface area contributed by atoms with Crippen molar-refractivity contribution in [2.75, 3.05) is 34.2 Å². The van der Waals surface area contributed by atoms with E-state index >= 15 is 0 Å². The van der Waals surface area contributed by atoms with Gasteiger partial charge >= 0.3 is 0 Å². The van der Waals surface area contributed by atoms with Gasteiger partial charge in [0.25, 0.3) is 5.91 Å². The van der Waals surface area contributed by atoms with Gasteiger partial charge in [0.15, 0.2) is 0 Å². The number of H-pyrrole nitrogens is 1. The molecule has 0 bridgehead atoms. The number of carbonyl (C=O) groups is 1. The van der Waals surface area contributed by atoms with Crippen LogP contribution in [0, 0.1) is 13.8 Å². The number of nitrogens with one attached hydrogen (secondary N) is 1. The molecule has 0 saturated carbocycles. The van der Waals surface area contributed by atoms with E-state index in [0.29, 0.717) is 5.56 Å². The molecule has 35 heavy (non-hydrogen) atoms. The third-order valence-electron chi connectivity index (χ3n) is 6.98. The molecule has 178 valence electrons. The first-order chi connectivity index (χ1) is 16.8. The average molecular weight is 465 g/mol. The second-order valence-corrected chi connectivity index (χ2v) is 9.83. The first-order valence-electron chi connectivity index (χ1n) is 12.1. The maximum absolute atomic E-state index is 12.3. The van der Waals surface area contributed by atoms with Crippen LogP contribution in [0.5, 0.6) is 0 Å². The summed E-state index contributed by atoms with van der Waals surface area (Å²) in [6, 6.07) is 14.6. The van der Waals surface area contributed by atoms with Crippen LogP contribution in [0.1, 0.15) is 33.5 Å². The number of carbonyl (C=O) groups excluding carboxylic acids is 1. The third kappa shape index (κ3) is 4.40. The lowest BCUT2D eigenvalue weighted by molar-refractivity contribution is 0.0827. The summed E-state index contributed by atoms with van der Waals surface area (Å²) in [5, 5.41) is 1.08. The van der Waals surface area contributed by atoms with Crippen molar-refractivity contribution in [3.05, 3.63) is 83.2 Å². The lowest BCUT2D eigenvalue weighted by Crippen LogP contribution is -2.24.